The molecule has 0 bridgehead atoms. The summed E-state index contributed by atoms with van der Waals surface area (Å²) in [6.07, 6.45) is 18.7. The van der Waals surface area contributed by atoms with Crippen molar-refractivity contribution in [3.63, 3.8) is 0 Å². The molecule has 0 atom stereocenters. The summed E-state index contributed by atoms with van der Waals surface area (Å²) in [4.78, 5) is 9.40. The van der Waals surface area contributed by atoms with Crippen molar-refractivity contribution in [2.24, 2.45) is 0 Å². The van der Waals surface area contributed by atoms with Gasteiger partial charge in [0, 0.05) is 9.75 Å². The van der Waals surface area contributed by atoms with Crippen molar-refractivity contribution in [1.29, 1.82) is 0 Å². The smallest absolute Gasteiger partial charge is 0.134 e. The quantitative estimate of drug-likeness (QED) is 0.262. The molecule has 0 aliphatic rings. The molecule has 0 saturated carbocycles. The van der Waals surface area contributed by atoms with E-state index in [-0.39, 0.29) is 0 Å². The molecule has 2 heterocycles. The molecule has 0 spiro atoms. The molecule has 0 aliphatic heterocycles. The first kappa shape index (κ1) is 23.6. The summed E-state index contributed by atoms with van der Waals surface area (Å²) in [5.41, 5.74) is 2.89. The van der Waals surface area contributed by atoms with Crippen LogP contribution in [0.2, 0.25) is 0 Å². The van der Waals surface area contributed by atoms with Crippen LogP contribution in [0.15, 0.2) is 6.07 Å². The monoisotopic (exact) mass is 419 g/mol. The highest BCUT2D eigenvalue weighted by molar-refractivity contribution is 7.22. The number of hydrogen-bond acceptors (Lipinski definition) is 3. The van der Waals surface area contributed by atoms with Gasteiger partial charge in [0.1, 0.15) is 5.01 Å². The largest absolute Gasteiger partial charge is 0.240 e. The van der Waals surface area contributed by atoms with Crippen molar-refractivity contribution in [2.75, 3.05) is 0 Å². The van der Waals surface area contributed by atoms with Crippen LogP contribution in [0.3, 0.4) is 0 Å². The summed E-state index contributed by atoms with van der Waals surface area (Å²) in [7, 11) is 0. The van der Waals surface area contributed by atoms with Crippen LogP contribution in [0.4, 0.5) is 0 Å². The molecule has 2 aromatic heterocycles. The second-order valence-electron chi connectivity index (χ2n) is 8.27. The first-order valence-corrected chi connectivity index (χ1v) is 13.3. The minimum Gasteiger partial charge on any atom is -0.240 e. The van der Waals surface area contributed by atoms with Gasteiger partial charge in [0.15, 0.2) is 0 Å². The van der Waals surface area contributed by atoms with Crippen molar-refractivity contribution in [1.82, 2.24) is 4.98 Å². The third kappa shape index (κ3) is 7.99. The number of nitrogens with zero attached hydrogens (tertiary/aromatic N) is 1. The molecule has 0 radical (unpaired) electrons. The number of aromatic nitrogens is 1. The molecule has 0 N–H and O–H groups in total. The Bertz CT molecular complexity index is 668. The maximum absolute atomic E-state index is 5.09. The lowest BCUT2D eigenvalue weighted by Gasteiger charge is -2.02. The van der Waals surface area contributed by atoms with E-state index < -0.39 is 0 Å². The van der Waals surface area contributed by atoms with Gasteiger partial charge in [-0.2, -0.15) is 0 Å². The third-order valence-electron chi connectivity index (χ3n) is 5.59. The van der Waals surface area contributed by atoms with Crippen molar-refractivity contribution in [3.05, 3.63) is 27.1 Å². The molecular formula is C25H41NS2. The standard InChI is InChI=1S/C25H41NS2/c1-5-7-9-11-13-15-17-22-19-20(3)27-24(22)25-26-23(21(4)28-25)18-16-14-12-10-8-6-2/h19H,5-18H2,1-4H3. The average Bonchev–Trinajstić information content (AvgIpc) is 3.23. The maximum atomic E-state index is 5.09. The number of thiophene rings is 1. The van der Waals surface area contributed by atoms with E-state index in [2.05, 4.69) is 33.8 Å². The Morgan fingerprint density at radius 2 is 1.29 bits per heavy atom. The van der Waals surface area contributed by atoms with E-state index in [4.69, 9.17) is 4.98 Å². The molecule has 0 fully saturated rings. The Morgan fingerprint density at radius 3 is 1.93 bits per heavy atom. The lowest BCUT2D eigenvalue weighted by atomic mass is 10.1. The molecule has 0 saturated heterocycles. The predicted octanol–water partition coefficient (Wildman–Crippen LogP) is 9.29. The number of thiazole rings is 1. The van der Waals surface area contributed by atoms with Crippen molar-refractivity contribution >= 4 is 22.7 Å². The summed E-state index contributed by atoms with van der Waals surface area (Å²) in [6.45, 7) is 9.09. The SMILES string of the molecule is CCCCCCCCc1cc(C)sc1-c1nc(CCCCCCCC)c(C)s1. The molecule has 3 heteroatoms. The van der Waals surface area contributed by atoms with Crippen molar-refractivity contribution < 1.29 is 0 Å². The number of aryl methyl sites for hydroxylation is 4. The van der Waals surface area contributed by atoms with Gasteiger partial charge >= 0.3 is 0 Å². The molecular weight excluding hydrogens is 378 g/mol. The zero-order chi connectivity index (χ0) is 20.2. The minimum atomic E-state index is 1.16. The Kier molecular flexibility index (Phi) is 11.4. The van der Waals surface area contributed by atoms with E-state index >= 15 is 0 Å². The van der Waals surface area contributed by atoms with E-state index in [9.17, 15) is 0 Å². The van der Waals surface area contributed by atoms with Gasteiger partial charge < -0.3 is 0 Å². The molecule has 28 heavy (non-hydrogen) atoms. The van der Waals surface area contributed by atoms with Crippen LogP contribution < -0.4 is 0 Å². The fourth-order valence-corrected chi connectivity index (χ4v) is 5.99. The van der Waals surface area contributed by atoms with Gasteiger partial charge in [0.2, 0.25) is 0 Å². The molecule has 2 rings (SSSR count). The van der Waals surface area contributed by atoms with E-state index in [0.717, 1.165) is 6.42 Å². The molecule has 158 valence electrons. The number of rotatable bonds is 15. The Balaban J connectivity index is 1.88. The van der Waals surface area contributed by atoms with E-state index in [1.165, 1.54) is 114 Å². The van der Waals surface area contributed by atoms with Gasteiger partial charge in [-0.1, -0.05) is 78.1 Å². The van der Waals surface area contributed by atoms with Gasteiger partial charge in [-0.05, 0) is 51.2 Å². The summed E-state index contributed by atoms with van der Waals surface area (Å²) in [6, 6.07) is 2.41. The molecule has 0 aliphatic carbocycles. The molecule has 2 aromatic rings. The van der Waals surface area contributed by atoms with Crippen LogP contribution in [-0.4, -0.2) is 4.98 Å². The van der Waals surface area contributed by atoms with Crippen molar-refractivity contribution in [3.8, 4) is 9.88 Å². The topological polar surface area (TPSA) is 12.9 Å². The van der Waals surface area contributed by atoms with Gasteiger partial charge in [0.05, 0.1) is 10.6 Å². The second-order valence-corrected chi connectivity index (χ2v) is 10.7. The number of unbranched alkanes of at least 4 members (excludes halogenated alkanes) is 10. The highest BCUT2D eigenvalue weighted by Crippen LogP contribution is 2.37. The second kappa shape index (κ2) is 13.5. The zero-order valence-corrected chi connectivity index (χ0v) is 20.4. The highest BCUT2D eigenvalue weighted by atomic mass is 32.1. The van der Waals surface area contributed by atoms with Gasteiger partial charge in [0.25, 0.3) is 0 Å². The summed E-state index contributed by atoms with van der Waals surface area (Å²) >= 11 is 3.86. The summed E-state index contributed by atoms with van der Waals surface area (Å²) < 4.78 is 0. The predicted molar refractivity (Wildman–Crippen MR) is 129 cm³/mol. The minimum absolute atomic E-state index is 1.16. The number of hydrogen-bond donors (Lipinski definition) is 0. The molecule has 0 amide bonds. The van der Waals surface area contributed by atoms with Crippen LogP contribution in [0.1, 0.15) is 112 Å². The van der Waals surface area contributed by atoms with Crippen molar-refractivity contribution in [2.45, 2.75) is 118 Å². The lowest BCUT2D eigenvalue weighted by molar-refractivity contribution is 0.605. The van der Waals surface area contributed by atoms with Gasteiger partial charge in [-0.3, -0.25) is 0 Å². The first-order valence-electron chi connectivity index (χ1n) is 11.7. The Hall–Kier alpha value is -0.670. The van der Waals surface area contributed by atoms with Crippen LogP contribution >= 0.6 is 22.7 Å². The molecule has 0 aromatic carbocycles. The first-order chi connectivity index (χ1) is 13.7. The molecule has 0 unspecified atom stereocenters. The lowest BCUT2D eigenvalue weighted by Crippen LogP contribution is -1.90. The fraction of sp³-hybridized carbons (Fsp3) is 0.720. The average molecular weight is 420 g/mol. The normalized spacial score (nSPS) is 11.4. The fourth-order valence-electron chi connectivity index (χ4n) is 3.86. The van der Waals surface area contributed by atoms with Crippen LogP contribution in [0.25, 0.3) is 9.88 Å². The van der Waals surface area contributed by atoms with E-state index in [1.807, 2.05) is 22.7 Å². The third-order valence-corrected chi connectivity index (χ3v) is 7.85. The summed E-state index contributed by atoms with van der Waals surface area (Å²) in [5.74, 6) is 0. The van der Waals surface area contributed by atoms with E-state index in [1.54, 1.807) is 0 Å². The van der Waals surface area contributed by atoms with Crippen LogP contribution in [0, 0.1) is 13.8 Å². The van der Waals surface area contributed by atoms with Crippen LogP contribution in [0.5, 0.6) is 0 Å². The Labute approximate surface area is 182 Å². The highest BCUT2D eigenvalue weighted by Gasteiger charge is 2.15. The van der Waals surface area contributed by atoms with E-state index in [0.29, 0.717) is 0 Å². The van der Waals surface area contributed by atoms with Gasteiger partial charge in [-0.25, -0.2) is 4.98 Å². The van der Waals surface area contributed by atoms with Crippen LogP contribution in [-0.2, 0) is 12.8 Å². The van der Waals surface area contributed by atoms with Gasteiger partial charge in [-0.15, -0.1) is 22.7 Å². The molecule has 1 nitrogen and oxygen atoms in total. The Morgan fingerprint density at radius 1 is 0.714 bits per heavy atom. The maximum Gasteiger partial charge on any atom is 0.134 e. The summed E-state index contributed by atoms with van der Waals surface area (Å²) in [5, 5.41) is 1.28. The zero-order valence-electron chi connectivity index (χ0n) is 18.7.